The molecule has 1 spiro atoms. The fraction of sp³-hybridized carbons (Fsp3) is 0.800. The molecule has 0 saturated carbocycles. The van der Waals surface area contributed by atoms with Crippen molar-refractivity contribution in [2.75, 3.05) is 13.1 Å². The first-order valence-corrected chi connectivity index (χ1v) is 7.72. The minimum atomic E-state index is -1.30. The van der Waals surface area contributed by atoms with Crippen molar-refractivity contribution in [2.45, 2.75) is 63.8 Å². The molecule has 0 aliphatic carbocycles. The highest BCUT2D eigenvalue weighted by atomic mass is 16.6. The van der Waals surface area contributed by atoms with E-state index < -0.39 is 41.3 Å². The number of carbonyl (C=O) groups is 3. The molecule has 0 unspecified atom stereocenters. The number of likely N-dealkylation sites (tertiary alicyclic amines) is 2. The minimum absolute atomic E-state index is 0.104. The van der Waals surface area contributed by atoms with Gasteiger partial charge >= 0.3 is 12.1 Å². The van der Waals surface area contributed by atoms with E-state index in [9.17, 15) is 24.6 Å². The topological polar surface area (TPSA) is 107 Å². The molecule has 0 aromatic carbocycles. The van der Waals surface area contributed by atoms with Crippen molar-refractivity contribution in [1.82, 2.24) is 9.80 Å². The van der Waals surface area contributed by atoms with E-state index in [4.69, 9.17) is 4.74 Å². The van der Waals surface area contributed by atoms with E-state index in [2.05, 4.69) is 0 Å². The molecule has 0 radical (unpaired) electrons. The van der Waals surface area contributed by atoms with Crippen LogP contribution < -0.4 is 0 Å². The molecule has 8 nitrogen and oxygen atoms in total. The Morgan fingerprint density at radius 3 is 2.39 bits per heavy atom. The molecule has 0 bridgehead atoms. The maximum absolute atomic E-state index is 12.6. The summed E-state index contributed by atoms with van der Waals surface area (Å²) >= 11 is 0. The molecule has 130 valence electrons. The Labute approximate surface area is 135 Å². The largest absolute Gasteiger partial charge is 0.480 e. The van der Waals surface area contributed by atoms with Gasteiger partial charge in [0, 0.05) is 6.54 Å². The van der Waals surface area contributed by atoms with Crippen LogP contribution in [-0.4, -0.2) is 74.4 Å². The predicted molar refractivity (Wildman–Crippen MR) is 79.7 cm³/mol. The van der Waals surface area contributed by atoms with E-state index in [0.717, 1.165) is 4.90 Å². The Bertz CT molecular complexity index is 527. The van der Waals surface area contributed by atoms with Crippen molar-refractivity contribution in [3.8, 4) is 0 Å². The molecule has 0 aromatic heterocycles. The molecule has 2 saturated heterocycles. The van der Waals surface area contributed by atoms with Crippen LogP contribution in [0.1, 0.15) is 40.5 Å². The fourth-order valence-corrected chi connectivity index (χ4v) is 3.27. The Morgan fingerprint density at radius 2 is 1.96 bits per heavy atom. The molecule has 2 aliphatic rings. The number of aliphatic hydroxyl groups is 1. The highest BCUT2D eigenvalue weighted by Crippen LogP contribution is 2.41. The molecular weight excluding hydrogens is 304 g/mol. The second-order valence-corrected chi connectivity index (χ2v) is 7.22. The van der Waals surface area contributed by atoms with Crippen molar-refractivity contribution < 1.29 is 29.3 Å². The zero-order chi connectivity index (χ0) is 17.6. The zero-order valence-corrected chi connectivity index (χ0v) is 13.9. The number of hydrogen-bond acceptors (Lipinski definition) is 5. The number of hydrogen-bond donors (Lipinski definition) is 2. The summed E-state index contributed by atoms with van der Waals surface area (Å²) in [5.74, 6) is -1.70. The number of carboxylic acids is 1. The Morgan fingerprint density at radius 1 is 1.35 bits per heavy atom. The fourth-order valence-electron chi connectivity index (χ4n) is 3.27. The number of rotatable bonds is 3. The summed E-state index contributed by atoms with van der Waals surface area (Å²) in [5.41, 5.74) is -1.69. The summed E-state index contributed by atoms with van der Waals surface area (Å²) in [6.07, 6.45) is -0.615. The quantitative estimate of drug-likeness (QED) is 0.728. The lowest BCUT2D eigenvalue weighted by atomic mass is 9.83. The van der Waals surface area contributed by atoms with Gasteiger partial charge in [0.25, 0.3) is 5.91 Å². The molecule has 23 heavy (non-hydrogen) atoms. The molecule has 0 aromatic rings. The van der Waals surface area contributed by atoms with Gasteiger partial charge < -0.3 is 19.8 Å². The molecule has 2 aliphatic heterocycles. The van der Waals surface area contributed by atoms with Crippen LogP contribution in [0.3, 0.4) is 0 Å². The van der Waals surface area contributed by atoms with E-state index in [-0.39, 0.29) is 6.54 Å². The highest BCUT2D eigenvalue weighted by Gasteiger charge is 2.63. The van der Waals surface area contributed by atoms with Crippen molar-refractivity contribution in [1.29, 1.82) is 0 Å². The van der Waals surface area contributed by atoms with Crippen LogP contribution in [0.15, 0.2) is 0 Å². The summed E-state index contributed by atoms with van der Waals surface area (Å²) in [7, 11) is 0. The monoisotopic (exact) mass is 328 g/mol. The molecule has 2 heterocycles. The van der Waals surface area contributed by atoms with Gasteiger partial charge in [-0.3, -0.25) is 9.69 Å². The SMILES string of the molecule is C[C@@H](O)[C@@H](C(=O)O)N1C[C@@]2(CCCN2C(=O)OC(C)(C)C)C1=O. The second kappa shape index (κ2) is 5.67. The summed E-state index contributed by atoms with van der Waals surface area (Å²) in [6.45, 7) is 7.08. The molecule has 2 fully saturated rings. The maximum Gasteiger partial charge on any atom is 0.411 e. The van der Waals surface area contributed by atoms with E-state index >= 15 is 0 Å². The average molecular weight is 328 g/mol. The number of carbonyl (C=O) groups excluding carboxylic acids is 2. The molecular formula is C15H24N2O6. The van der Waals surface area contributed by atoms with Crippen LogP contribution in [0.2, 0.25) is 0 Å². The molecule has 2 N–H and O–H groups in total. The lowest BCUT2D eigenvalue weighted by Crippen LogP contribution is -2.76. The smallest absolute Gasteiger partial charge is 0.411 e. The van der Waals surface area contributed by atoms with Gasteiger partial charge in [-0.25, -0.2) is 9.59 Å². The lowest BCUT2D eigenvalue weighted by Gasteiger charge is -2.53. The normalized spacial score (nSPS) is 26.9. The summed E-state index contributed by atoms with van der Waals surface area (Å²) in [4.78, 5) is 38.7. The van der Waals surface area contributed by atoms with Crippen LogP contribution >= 0.6 is 0 Å². The molecule has 3 atom stereocenters. The first kappa shape index (κ1) is 17.5. The number of carboxylic acid groups (broad SMARTS) is 1. The number of aliphatic hydroxyl groups excluding tert-OH is 1. The van der Waals surface area contributed by atoms with Crippen LogP contribution in [0.25, 0.3) is 0 Å². The Balaban J connectivity index is 2.16. The average Bonchev–Trinajstić information content (AvgIpc) is 2.81. The number of aliphatic carboxylic acids is 1. The van der Waals surface area contributed by atoms with Gasteiger partial charge in [-0.15, -0.1) is 0 Å². The first-order chi connectivity index (χ1) is 10.5. The van der Waals surface area contributed by atoms with Gasteiger partial charge in [0.2, 0.25) is 0 Å². The third-order valence-electron chi connectivity index (χ3n) is 4.24. The van der Waals surface area contributed by atoms with Crippen molar-refractivity contribution in [3.63, 3.8) is 0 Å². The zero-order valence-electron chi connectivity index (χ0n) is 13.9. The first-order valence-electron chi connectivity index (χ1n) is 7.72. The van der Waals surface area contributed by atoms with Gasteiger partial charge in [0.1, 0.15) is 11.1 Å². The van der Waals surface area contributed by atoms with Crippen molar-refractivity contribution >= 4 is 18.0 Å². The lowest BCUT2D eigenvalue weighted by molar-refractivity contribution is -0.176. The predicted octanol–water partition coefficient (Wildman–Crippen LogP) is 0.432. The highest BCUT2D eigenvalue weighted by molar-refractivity contribution is 5.98. The van der Waals surface area contributed by atoms with Crippen LogP contribution in [-0.2, 0) is 14.3 Å². The number of ether oxygens (including phenoxy) is 1. The maximum atomic E-state index is 12.6. The Hall–Kier alpha value is -1.83. The number of amides is 2. The van der Waals surface area contributed by atoms with Crippen molar-refractivity contribution in [2.24, 2.45) is 0 Å². The summed E-state index contributed by atoms with van der Waals surface area (Å²) < 4.78 is 5.34. The van der Waals surface area contributed by atoms with Gasteiger partial charge in [-0.1, -0.05) is 0 Å². The van der Waals surface area contributed by atoms with Gasteiger partial charge in [0.05, 0.1) is 12.6 Å². The van der Waals surface area contributed by atoms with E-state index in [1.807, 2.05) is 0 Å². The van der Waals surface area contributed by atoms with E-state index in [0.29, 0.717) is 19.4 Å². The Kier molecular flexibility index (Phi) is 4.32. The van der Waals surface area contributed by atoms with Gasteiger partial charge in [0.15, 0.2) is 6.04 Å². The third kappa shape index (κ3) is 2.99. The van der Waals surface area contributed by atoms with Crippen LogP contribution in [0.4, 0.5) is 4.79 Å². The third-order valence-corrected chi connectivity index (χ3v) is 4.24. The van der Waals surface area contributed by atoms with Crippen LogP contribution in [0.5, 0.6) is 0 Å². The van der Waals surface area contributed by atoms with Crippen molar-refractivity contribution in [3.05, 3.63) is 0 Å². The second-order valence-electron chi connectivity index (χ2n) is 7.22. The molecule has 2 amide bonds. The van der Waals surface area contributed by atoms with Crippen LogP contribution in [0, 0.1) is 0 Å². The molecule has 8 heteroatoms. The summed E-state index contributed by atoms with van der Waals surface area (Å²) in [6, 6.07) is -1.30. The minimum Gasteiger partial charge on any atom is -0.480 e. The van der Waals surface area contributed by atoms with E-state index in [1.54, 1.807) is 20.8 Å². The van der Waals surface area contributed by atoms with Gasteiger partial charge in [-0.05, 0) is 40.5 Å². The van der Waals surface area contributed by atoms with E-state index in [1.165, 1.54) is 11.8 Å². The van der Waals surface area contributed by atoms with Gasteiger partial charge in [-0.2, -0.15) is 0 Å². The summed E-state index contributed by atoms with van der Waals surface area (Å²) in [5, 5.41) is 18.8. The molecule has 2 rings (SSSR count). The number of β-lactam (4-membered cyclic amide) rings is 1. The standard InChI is InChI=1S/C15H24N2O6/c1-9(18)10(11(19)20)16-8-15(12(16)21)6-5-7-17(15)13(22)23-14(2,3)4/h9-10,18H,5-8H2,1-4H3,(H,19,20)/t9-,10+,15+/m1/s1. The number of nitrogens with zero attached hydrogens (tertiary/aromatic N) is 2.